The molecule has 22 heavy (non-hydrogen) atoms. The number of nitrogens with one attached hydrogen (secondary N) is 2. The number of fused-ring (bicyclic) bond motifs is 1. The third-order valence-electron chi connectivity index (χ3n) is 4.45. The van der Waals surface area contributed by atoms with Gasteiger partial charge in [-0.05, 0) is 43.7 Å². The van der Waals surface area contributed by atoms with Crippen LogP contribution in [-0.2, 0) is 17.6 Å². The highest BCUT2D eigenvalue weighted by Gasteiger charge is 2.26. The molecule has 0 unspecified atom stereocenters. The van der Waals surface area contributed by atoms with E-state index in [-0.39, 0.29) is 6.10 Å². The minimum Gasteiger partial charge on any atom is -0.374 e. The number of hydrogen-bond acceptors (Lipinski definition) is 4. The molecular weight excluding hydrogens is 281 g/mol. The number of pyridine rings is 1. The summed E-state index contributed by atoms with van der Waals surface area (Å²) in [7, 11) is 0. The number of rotatable bonds is 7. The molecule has 3 heterocycles. The summed E-state index contributed by atoms with van der Waals surface area (Å²) in [5.41, 5.74) is 2.51. The van der Waals surface area contributed by atoms with Gasteiger partial charge >= 0.3 is 0 Å². The number of alkyl halides is 1. The van der Waals surface area contributed by atoms with E-state index in [0.717, 1.165) is 50.2 Å². The minimum absolute atomic E-state index is 0.242. The van der Waals surface area contributed by atoms with E-state index in [1.807, 2.05) is 0 Å². The van der Waals surface area contributed by atoms with E-state index in [1.165, 1.54) is 12.0 Å². The Kier molecular flexibility index (Phi) is 5.62. The highest BCUT2D eigenvalue weighted by molar-refractivity contribution is 5.46. The molecular formula is C17H26FN3O. The average Bonchev–Trinajstić information content (AvgIpc) is 2.96. The van der Waals surface area contributed by atoms with Gasteiger partial charge in [-0.25, -0.2) is 9.37 Å². The van der Waals surface area contributed by atoms with Crippen LogP contribution in [0.15, 0.2) is 12.1 Å². The van der Waals surface area contributed by atoms with Crippen LogP contribution in [0.2, 0.25) is 0 Å². The van der Waals surface area contributed by atoms with Crippen molar-refractivity contribution in [3.8, 4) is 0 Å². The second-order valence-electron chi connectivity index (χ2n) is 6.23. The predicted molar refractivity (Wildman–Crippen MR) is 86.1 cm³/mol. The van der Waals surface area contributed by atoms with Gasteiger partial charge in [0.2, 0.25) is 0 Å². The van der Waals surface area contributed by atoms with Gasteiger partial charge in [-0.3, -0.25) is 0 Å². The first kappa shape index (κ1) is 15.7. The Morgan fingerprint density at radius 1 is 1.23 bits per heavy atom. The van der Waals surface area contributed by atoms with Crippen LogP contribution in [-0.4, -0.2) is 43.5 Å². The van der Waals surface area contributed by atoms with E-state index >= 15 is 0 Å². The van der Waals surface area contributed by atoms with Crippen molar-refractivity contribution in [2.75, 3.05) is 31.6 Å². The Bertz CT molecular complexity index is 483. The van der Waals surface area contributed by atoms with E-state index in [1.54, 1.807) is 0 Å². The highest BCUT2D eigenvalue weighted by atomic mass is 19.1. The molecule has 0 aliphatic carbocycles. The van der Waals surface area contributed by atoms with Crippen molar-refractivity contribution in [1.29, 1.82) is 0 Å². The van der Waals surface area contributed by atoms with Gasteiger partial charge in [0, 0.05) is 31.9 Å². The Morgan fingerprint density at radius 3 is 3.05 bits per heavy atom. The number of nitrogens with zero attached hydrogens (tertiary/aromatic N) is 1. The van der Waals surface area contributed by atoms with Crippen molar-refractivity contribution in [3.63, 3.8) is 0 Å². The van der Waals surface area contributed by atoms with Crippen molar-refractivity contribution < 1.29 is 9.13 Å². The normalized spacial score (nSPS) is 24.0. The van der Waals surface area contributed by atoms with Gasteiger partial charge in [0.05, 0.1) is 0 Å². The fraction of sp³-hybridized carbons (Fsp3) is 0.706. The molecule has 2 aliphatic heterocycles. The summed E-state index contributed by atoms with van der Waals surface area (Å²) in [5, 5.41) is 6.38. The largest absolute Gasteiger partial charge is 0.374 e. The van der Waals surface area contributed by atoms with Crippen LogP contribution >= 0.6 is 0 Å². The lowest BCUT2D eigenvalue weighted by Crippen LogP contribution is -2.24. The zero-order valence-electron chi connectivity index (χ0n) is 13.1. The second-order valence-corrected chi connectivity index (χ2v) is 6.23. The summed E-state index contributed by atoms with van der Waals surface area (Å²) in [6.07, 6.45) is 5.46. The molecule has 5 heteroatoms. The molecule has 1 aromatic rings. The second kappa shape index (κ2) is 7.88. The van der Waals surface area contributed by atoms with Crippen LogP contribution < -0.4 is 10.6 Å². The van der Waals surface area contributed by atoms with E-state index < -0.39 is 6.17 Å². The van der Waals surface area contributed by atoms with Crippen molar-refractivity contribution in [2.24, 2.45) is 0 Å². The van der Waals surface area contributed by atoms with Gasteiger partial charge < -0.3 is 15.4 Å². The molecule has 0 saturated carbocycles. The Labute approximate surface area is 131 Å². The van der Waals surface area contributed by atoms with Crippen molar-refractivity contribution in [3.05, 3.63) is 23.4 Å². The minimum atomic E-state index is -0.841. The number of halogens is 1. The Morgan fingerprint density at radius 2 is 2.18 bits per heavy atom. The summed E-state index contributed by atoms with van der Waals surface area (Å²) >= 11 is 0. The van der Waals surface area contributed by atoms with Gasteiger partial charge in [0.15, 0.2) is 0 Å². The summed E-state index contributed by atoms with van der Waals surface area (Å²) in [5.74, 6) is 1.08. The molecule has 1 saturated heterocycles. The molecule has 0 bridgehead atoms. The summed E-state index contributed by atoms with van der Waals surface area (Å²) in [6.45, 7) is 2.77. The third-order valence-corrected chi connectivity index (χ3v) is 4.45. The van der Waals surface area contributed by atoms with Gasteiger partial charge in [0.1, 0.15) is 18.1 Å². The maximum atomic E-state index is 13.3. The predicted octanol–water partition coefficient (Wildman–Crippen LogP) is 2.48. The van der Waals surface area contributed by atoms with Crippen molar-refractivity contribution in [1.82, 2.24) is 10.3 Å². The molecule has 3 rings (SSSR count). The van der Waals surface area contributed by atoms with Gasteiger partial charge in [-0.15, -0.1) is 0 Å². The fourth-order valence-corrected chi connectivity index (χ4v) is 3.11. The quantitative estimate of drug-likeness (QED) is 0.760. The van der Waals surface area contributed by atoms with E-state index in [4.69, 9.17) is 9.72 Å². The molecule has 2 aliphatic rings. The first-order valence-corrected chi connectivity index (χ1v) is 8.52. The molecule has 122 valence electrons. The molecule has 0 aromatic carbocycles. The Hall–Kier alpha value is -1.20. The Balaban J connectivity index is 1.31. The first-order chi connectivity index (χ1) is 10.8. The van der Waals surface area contributed by atoms with Crippen LogP contribution in [0.5, 0.6) is 0 Å². The molecule has 2 N–H and O–H groups in total. The fourth-order valence-electron chi connectivity index (χ4n) is 3.11. The molecule has 0 amide bonds. The number of aryl methyl sites for hydroxylation is 2. The van der Waals surface area contributed by atoms with E-state index in [9.17, 15) is 4.39 Å². The molecule has 1 aromatic heterocycles. The lowest BCUT2D eigenvalue weighted by Gasteiger charge is -2.17. The zero-order valence-corrected chi connectivity index (χ0v) is 13.1. The topological polar surface area (TPSA) is 46.2 Å². The smallest absolute Gasteiger partial charge is 0.140 e. The summed E-state index contributed by atoms with van der Waals surface area (Å²) in [6, 6.07) is 4.36. The van der Waals surface area contributed by atoms with Gasteiger partial charge in [0.25, 0.3) is 0 Å². The monoisotopic (exact) mass is 307 g/mol. The highest BCUT2D eigenvalue weighted by Crippen LogP contribution is 2.20. The maximum Gasteiger partial charge on any atom is 0.140 e. The summed E-state index contributed by atoms with van der Waals surface area (Å²) < 4.78 is 18.9. The lowest BCUT2D eigenvalue weighted by molar-refractivity contribution is 0.0230. The number of unbranched alkanes of at least 4 members (excludes halogenated alkanes) is 2. The van der Waals surface area contributed by atoms with Gasteiger partial charge in [-0.1, -0.05) is 12.5 Å². The van der Waals surface area contributed by atoms with Crippen molar-refractivity contribution >= 4 is 5.82 Å². The van der Waals surface area contributed by atoms with Gasteiger partial charge in [-0.2, -0.15) is 0 Å². The zero-order chi connectivity index (χ0) is 15.2. The van der Waals surface area contributed by atoms with Crippen LogP contribution in [0.1, 0.15) is 36.9 Å². The molecule has 4 nitrogen and oxygen atoms in total. The first-order valence-electron chi connectivity index (χ1n) is 8.52. The standard InChI is InChI=1S/C17H26FN3O/c18-15-11-19-12-16(15)22-10-3-1-2-6-14-8-7-13-5-4-9-20-17(13)21-14/h7-8,15-16,19H,1-6,9-12H2,(H,20,21)/t15-,16-/m1/s1. The molecule has 0 radical (unpaired) electrons. The van der Waals surface area contributed by atoms with Crippen LogP contribution in [0.25, 0.3) is 0 Å². The molecule has 0 spiro atoms. The average molecular weight is 307 g/mol. The van der Waals surface area contributed by atoms with Crippen LogP contribution in [0.4, 0.5) is 10.2 Å². The van der Waals surface area contributed by atoms with Crippen LogP contribution in [0, 0.1) is 0 Å². The lowest BCUT2D eigenvalue weighted by atomic mass is 10.1. The number of aromatic nitrogens is 1. The van der Waals surface area contributed by atoms with E-state index in [2.05, 4.69) is 22.8 Å². The number of ether oxygens (including phenoxy) is 1. The number of hydrogen-bond donors (Lipinski definition) is 2. The van der Waals surface area contributed by atoms with Crippen molar-refractivity contribution in [2.45, 2.75) is 50.8 Å². The van der Waals surface area contributed by atoms with E-state index in [0.29, 0.717) is 19.7 Å². The number of anilines is 1. The maximum absolute atomic E-state index is 13.3. The molecule has 2 atom stereocenters. The third kappa shape index (κ3) is 4.17. The SMILES string of the molecule is F[C@@H]1CNC[C@H]1OCCCCCc1ccc2c(n1)NCCC2. The van der Waals surface area contributed by atoms with Crippen LogP contribution in [0.3, 0.4) is 0 Å². The summed E-state index contributed by atoms with van der Waals surface area (Å²) in [4.78, 5) is 4.70. The molecule has 1 fully saturated rings.